The molecule has 176 valence electrons. The molecule has 7 nitrogen and oxygen atoms in total. The Balaban J connectivity index is 1.54. The van der Waals surface area contributed by atoms with Crippen molar-refractivity contribution in [1.82, 2.24) is 4.90 Å². The van der Waals surface area contributed by atoms with E-state index in [0.717, 1.165) is 11.3 Å². The number of amides is 2. The van der Waals surface area contributed by atoms with Gasteiger partial charge in [0, 0.05) is 11.7 Å². The second kappa shape index (κ2) is 10.2. The molecule has 0 radical (unpaired) electrons. The van der Waals surface area contributed by atoms with Crippen LogP contribution in [0.25, 0.3) is 0 Å². The van der Waals surface area contributed by atoms with E-state index in [4.69, 9.17) is 14.2 Å². The lowest BCUT2D eigenvalue weighted by molar-refractivity contribution is -0.211. The number of nitrogens with zero attached hydrogens (tertiary/aromatic N) is 1. The van der Waals surface area contributed by atoms with Crippen LogP contribution in [0, 0.1) is 30.3 Å². The maximum Gasteiger partial charge on any atom is 0.319 e. The van der Waals surface area contributed by atoms with Crippen molar-refractivity contribution in [3.63, 3.8) is 0 Å². The lowest BCUT2D eigenvalue weighted by atomic mass is 10.1. The van der Waals surface area contributed by atoms with E-state index in [1.54, 1.807) is 0 Å². The number of esters is 1. The number of likely N-dealkylation sites (tertiary alicyclic amines) is 1. The Hall–Kier alpha value is -2.11. The fourth-order valence-electron chi connectivity index (χ4n) is 3.24. The van der Waals surface area contributed by atoms with Crippen LogP contribution in [0.5, 0.6) is 5.75 Å². The minimum atomic E-state index is -1.60. The maximum atomic E-state index is 14.0. The third kappa shape index (κ3) is 5.26. The highest BCUT2D eigenvalue weighted by atomic mass is 32.2. The molecule has 0 aromatic heterocycles. The summed E-state index contributed by atoms with van der Waals surface area (Å²) < 4.78 is 56.9. The molecule has 2 heterocycles. The van der Waals surface area contributed by atoms with Gasteiger partial charge in [0.25, 0.3) is 0 Å². The molecular weight excluding hydrogens is 451 g/mol. The van der Waals surface area contributed by atoms with Crippen molar-refractivity contribution in [2.75, 3.05) is 19.8 Å². The van der Waals surface area contributed by atoms with Crippen LogP contribution in [0.15, 0.2) is 6.07 Å². The number of imide groups is 1. The molecule has 2 amide bonds. The third-order valence-corrected chi connectivity index (χ3v) is 6.80. The molecule has 2 fully saturated rings. The van der Waals surface area contributed by atoms with E-state index < -0.39 is 46.6 Å². The lowest BCUT2D eigenvalue weighted by Crippen LogP contribution is -2.45. The largest absolute Gasteiger partial charge is 0.420 e. The van der Waals surface area contributed by atoms with Gasteiger partial charge < -0.3 is 14.2 Å². The smallest absolute Gasteiger partial charge is 0.319 e. The first-order chi connectivity index (χ1) is 15.1. The minimum absolute atomic E-state index is 0.111. The molecule has 2 saturated heterocycles. The highest BCUT2D eigenvalue weighted by Gasteiger charge is 2.42. The zero-order chi connectivity index (χ0) is 23.6. The quantitative estimate of drug-likeness (QED) is 0.260. The Morgan fingerprint density at radius 2 is 1.91 bits per heavy atom. The summed E-state index contributed by atoms with van der Waals surface area (Å²) in [7, 11) is 0. The monoisotopic (exact) mass is 475 g/mol. The molecule has 0 spiro atoms. The summed E-state index contributed by atoms with van der Waals surface area (Å²) in [5.74, 6) is -7.94. The second-order valence-electron chi connectivity index (χ2n) is 7.74. The Kier molecular flexibility index (Phi) is 7.84. The zero-order valence-electron chi connectivity index (χ0n) is 17.9. The van der Waals surface area contributed by atoms with Gasteiger partial charge in [0.15, 0.2) is 17.9 Å². The van der Waals surface area contributed by atoms with Gasteiger partial charge in [0.1, 0.15) is 5.92 Å². The first-order valence-corrected chi connectivity index (χ1v) is 11.1. The topological polar surface area (TPSA) is 82.1 Å². The van der Waals surface area contributed by atoms with Crippen LogP contribution in [-0.4, -0.2) is 59.2 Å². The van der Waals surface area contributed by atoms with Crippen molar-refractivity contribution in [2.24, 2.45) is 5.92 Å². The standard InChI is InChI=1S/C21H24F3NO6S/c1-4-11(3)32-14-6-15(26)25(20(14)27)7-16-29-8-12(9-30-16)21(28)31-19-17(23)10(2)5-13(22)18(19)24/h5,11-12,14,16H,4,6-9H2,1-3H3. The molecule has 0 bridgehead atoms. The summed E-state index contributed by atoms with van der Waals surface area (Å²) in [4.78, 5) is 38.1. The van der Waals surface area contributed by atoms with Crippen LogP contribution >= 0.6 is 11.8 Å². The van der Waals surface area contributed by atoms with Gasteiger partial charge in [0.05, 0.1) is 25.0 Å². The molecule has 2 aliphatic rings. The maximum absolute atomic E-state index is 14.0. The number of ether oxygens (including phenoxy) is 3. The van der Waals surface area contributed by atoms with Crippen LogP contribution < -0.4 is 4.74 Å². The number of halogens is 3. The number of carbonyl (C=O) groups is 3. The van der Waals surface area contributed by atoms with Crippen LogP contribution in [0.3, 0.4) is 0 Å². The van der Waals surface area contributed by atoms with E-state index in [-0.39, 0.29) is 48.8 Å². The predicted molar refractivity (Wildman–Crippen MR) is 108 cm³/mol. The molecule has 11 heteroatoms. The molecule has 3 rings (SSSR count). The Morgan fingerprint density at radius 3 is 2.53 bits per heavy atom. The molecule has 0 aliphatic carbocycles. The number of thioether (sulfide) groups is 1. The van der Waals surface area contributed by atoms with E-state index >= 15 is 0 Å². The van der Waals surface area contributed by atoms with Gasteiger partial charge in [-0.05, 0) is 25.0 Å². The van der Waals surface area contributed by atoms with Crippen molar-refractivity contribution in [3.8, 4) is 5.75 Å². The average Bonchev–Trinajstić information content (AvgIpc) is 3.02. The first kappa shape index (κ1) is 24.5. The number of benzene rings is 1. The van der Waals surface area contributed by atoms with Crippen molar-refractivity contribution >= 4 is 29.5 Å². The number of hydrogen-bond donors (Lipinski definition) is 0. The minimum Gasteiger partial charge on any atom is -0.420 e. The van der Waals surface area contributed by atoms with Crippen LogP contribution in [0.1, 0.15) is 32.3 Å². The Morgan fingerprint density at radius 1 is 1.25 bits per heavy atom. The van der Waals surface area contributed by atoms with Gasteiger partial charge in [-0.3, -0.25) is 19.3 Å². The summed E-state index contributed by atoms with van der Waals surface area (Å²) in [6, 6.07) is 0.659. The molecule has 0 saturated carbocycles. The van der Waals surface area contributed by atoms with Crippen molar-refractivity contribution in [3.05, 3.63) is 29.1 Å². The molecule has 1 aromatic carbocycles. The zero-order valence-corrected chi connectivity index (χ0v) is 18.7. The van der Waals surface area contributed by atoms with E-state index in [2.05, 4.69) is 0 Å². The van der Waals surface area contributed by atoms with Crippen LogP contribution in [0.4, 0.5) is 13.2 Å². The summed E-state index contributed by atoms with van der Waals surface area (Å²) in [5, 5.41) is -0.203. The van der Waals surface area contributed by atoms with Gasteiger partial charge in [0.2, 0.25) is 23.4 Å². The number of rotatable bonds is 7. The predicted octanol–water partition coefficient (Wildman–Crippen LogP) is 2.97. The van der Waals surface area contributed by atoms with Crippen molar-refractivity contribution in [1.29, 1.82) is 0 Å². The van der Waals surface area contributed by atoms with Gasteiger partial charge in [-0.2, -0.15) is 4.39 Å². The van der Waals surface area contributed by atoms with Crippen molar-refractivity contribution in [2.45, 2.75) is 50.4 Å². The molecule has 2 atom stereocenters. The lowest BCUT2D eigenvalue weighted by Gasteiger charge is -2.30. The highest BCUT2D eigenvalue weighted by molar-refractivity contribution is 8.01. The Bertz CT molecular complexity index is 880. The van der Waals surface area contributed by atoms with E-state index in [0.29, 0.717) is 6.07 Å². The summed E-state index contributed by atoms with van der Waals surface area (Å²) in [6.07, 6.45) is 0.0432. The van der Waals surface area contributed by atoms with Crippen LogP contribution in [-0.2, 0) is 23.9 Å². The summed E-state index contributed by atoms with van der Waals surface area (Å²) in [5.41, 5.74) is -0.215. The number of hydrogen-bond acceptors (Lipinski definition) is 7. The summed E-state index contributed by atoms with van der Waals surface area (Å²) in [6.45, 7) is 4.63. The van der Waals surface area contributed by atoms with E-state index in [9.17, 15) is 27.6 Å². The highest BCUT2D eigenvalue weighted by Crippen LogP contribution is 2.31. The molecule has 1 aromatic rings. The molecule has 32 heavy (non-hydrogen) atoms. The molecular formula is C21H24F3NO6S. The SMILES string of the molecule is CCC(C)SC1CC(=O)N(CC2OCC(C(=O)Oc3c(F)c(C)cc(F)c3F)CO2)C1=O. The van der Waals surface area contributed by atoms with Crippen LogP contribution in [0.2, 0.25) is 0 Å². The van der Waals surface area contributed by atoms with Gasteiger partial charge >= 0.3 is 5.97 Å². The summed E-state index contributed by atoms with van der Waals surface area (Å²) >= 11 is 1.45. The average molecular weight is 475 g/mol. The fourth-order valence-corrected chi connectivity index (χ4v) is 4.47. The molecule has 2 unspecified atom stereocenters. The number of carbonyl (C=O) groups excluding carboxylic acids is 3. The second-order valence-corrected chi connectivity index (χ2v) is 9.38. The van der Waals surface area contributed by atoms with E-state index in [1.165, 1.54) is 18.7 Å². The fraction of sp³-hybridized carbons (Fsp3) is 0.571. The third-order valence-electron chi connectivity index (χ3n) is 5.31. The Labute approximate surface area is 187 Å². The molecule has 0 N–H and O–H groups in total. The number of aryl methyl sites for hydroxylation is 1. The van der Waals surface area contributed by atoms with Gasteiger partial charge in [-0.25, -0.2) is 8.78 Å². The molecule has 2 aliphatic heterocycles. The van der Waals surface area contributed by atoms with Gasteiger partial charge in [-0.1, -0.05) is 13.8 Å². The van der Waals surface area contributed by atoms with Gasteiger partial charge in [-0.15, -0.1) is 11.8 Å². The van der Waals surface area contributed by atoms with E-state index in [1.807, 2.05) is 13.8 Å². The first-order valence-electron chi connectivity index (χ1n) is 10.2. The normalized spacial score (nSPS) is 24.7. The van der Waals surface area contributed by atoms with Crippen molar-refractivity contribution < 1.29 is 41.8 Å².